The van der Waals surface area contributed by atoms with Crippen LogP contribution in [0.1, 0.15) is 45.6 Å². The van der Waals surface area contributed by atoms with Crippen LogP contribution in [0.2, 0.25) is 0 Å². The first kappa shape index (κ1) is 16.5. The van der Waals surface area contributed by atoms with Crippen molar-refractivity contribution in [1.29, 1.82) is 0 Å². The molecule has 2 rings (SSSR count). The number of nitrogens with two attached hydrogens (primary N) is 1. The molecule has 118 valence electrons. The van der Waals surface area contributed by atoms with Gasteiger partial charge in [-0.3, -0.25) is 0 Å². The van der Waals surface area contributed by atoms with Gasteiger partial charge in [-0.2, -0.15) is 0 Å². The molecule has 1 saturated carbocycles. The quantitative estimate of drug-likeness (QED) is 0.812. The van der Waals surface area contributed by atoms with Crippen molar-refractivity contribution < 1.29 is 8.42 Å². The fourth-order valence-electron chi connectivity index (χ4n) is 2.27. The molecule has 1 unspecified atom stereocenters. The molecule has 0 radical (unpaired) electrons. The van der Waals surface area contributed by atoms with E-state index in [0.29, 0.717) is 17.4 Å². The molecule has 0 aromatic heterocycles. The Morgan fingerprint density at radius 1 is 1.29 bits per heavy atom. The average Bonchev–Trinajstić information content (AvgIpc) is 3.29. The fourth-order valence-corrected chi connectivity index (χ4v) is 3.34. The molecule has 0 aliphatic heterocycles. The van der Waals surface area contributed by atoms with Gasteiger partial charge in [-0.15, -0.1) is 0 Å². The van der Waals surface area contributed by atoms with E-state index in [-0.39, 0.29) is 11.5 Å². The van der Waals surface area contributed by atoms with Crippen LogP contribution in [0.15, 0.2) is 29.2 Å². The number of hydrogen-bond acceptors (Lipinski definition) is 3. The van der Waals surface area contributed by atoms with Crippen molar-refractivity contribution in [1.82, 2.24) is 4.72 Å². The minimum Gasteiger partial charge on any atom is -0.326 e. The molecule has 0 saturated heterocycles. The molecule has 0 spiro atoms. The Hall–Kier alpha value is -0.910. The summed E-state index contributed by atoms with van der Waals surface area (Å²) in [4.78, 5) is 0.307. The lowest BCUT2D eigenvalue weighted by molar-refractivity contribution is 0.505. The fraction of sp³-hybridized carbons (Fsp3) is 0.625. The van der Waals surface area contributed by atoms with Crippen LogP contribution in [-0.2, 0) is 15.4 Å². The largest absolute Gasteiger partial charge is 0.326 e. The van der Waals surface area contributed by atoms with E-state index in [1.165, 1.54) is 0 Å². The molecule has 0 heterocycles. The Morgan fingerprint density at radius 3 is 2.33 bits per heavy atom. The van der Waals surface area contributed by atoms with Gasteiger partial charge in [0, 0.05) is 12.6 Å². The number of rotatable bonds is 7. The molecule has 1 aromatic carbocycles. The number of nitrogens with one attached hydrogen (secondary N) is 1. The zero-order chi connectivity index (χ0) is 15.7. The van der Waals surface area contributed by atoms with Gasteiger partial charge in [-0.1, -0.05) is 32.9 Å². The smallest absolute Gasteiger partial charge is 0.240 e. The molecule has 1 aliphatic carbocycles. The van der Waals surface area contributed by atoms with Gasteiger partial charge in [0.25, 0.3) is 0 Å². The van der Waals surface area contributed by atoms with Gasteiger partial charge in [0.2, 0.25) is 10.0 Å². The van der Waals surface area contributed by atoms with Gasteiger partial charge in [0.1, 0.15) is 0 Å². The molecule has 4 nitrogen and oxygen atoms in total. The second kappa shape index (κ2) is 6.07. The predicted molar refractivity (Wildman–Crippen MR) is 85.6 cm³/mol. The SMILES string of the molecule is CCC(C)(C)c1ccc(S(=O)(=O)NCC(N)C2CC2)cc1. The summed E-state index contributed by atoms with van der Waals surface area (Å²) in [6.07, 6.45) is 3.24. The maximum absolute atomic E-state index is 12.2. The number of benzene rings is 1. The van der Waals surface area contributed by atoms with Crippen molar-refractivity contribution in [2.75, 3.05) is 6.54 Å². The van der Waals surface area contributed by atoms with Crippen LogP contribution in [0.3, 0.4) is 0 Å². The van der Waals surface area contributed by atoms with Gasteiger partial charge in [0.05, 0.1) is 4.90 Å². The summed E-state index contributed by atoms with van der Waals surface area (Å²) in [5, 5.41) is 0. The molecule has 3 N–H and O–H groups in total. The Morgan fingerprint density at radius 2 is 1.86 bits per heavy atom. The van der Waals surface area contributed by atoms with E-state index in [2.05, 4.69) is 25.5 Å². The Kier molecular flexibility index (Phi) is 4.76. The third kappa shape index (κ3) is 4.05. The van der Waals surface area contributed by atoms with Gasteiger partial charge >= 0.3 is 0 Å². The molecule has 5 heteroatoms. The highest BCUT2D eigenvalue weighted by molar-refractivity contribution is 7.89. The van der Waals surface area contributed by atoms with Gasteiger partial charge < -0.3 is 5.73 Å². The third-order valence-electron chi connectivity index (χ3n) is 4.57. The van der Waals surface area contributed by atoms with E-state index >= 15 is 0 Å². The number of sulfonamides is 1. The molecule has 1 atom stereocenters. The van der Waals surface area contributed by atoms with Crippen molar-refractivity contribution >= 4 is 10.0 Å². The molecular formula is C16H26N2O2S. The van der Waals surface area contributed by atoms with Crippen molar-refractivity contribution in [3.63, 3.8) is 0 Å². The lowest BCUT2D eigenvalue weighted by Crippen LogP contribution is -2.38. The lowest BCUT2D eigenvalue weighted by Gasteiger charge is -2.23. The molecular weight excluding hydrogens is 284 g/mol. The number of hydrogen-bond donors (Lipinski definition) is 2. The topological polar surface area (TPSA) is 72.2 Å². The van der Waals surface area contributed by atoms with Crippen molar-refractivity contribution in [2.45, 2.75) is 56.4 Å². The van der Waals surface area contributed by atoms with Crippen molar-refractivity contribution in [2.24, 2.45) is 11.7 Å². The van der Waals surface area contributed by atoms with E-state index < -0.39 is 10.0 Å². The van der Waals surface area contributed by atoms with Crippen LogP contribution in [0.5, 0.6) is 0 Å². The van der Waals surface area contributed by atoms with Crippen LogP contribution < -0.4 is 10.5 Å². The molecule has 21 heavy (non-hydrogen) atoms. The monoisotopic (exact) mass is 310 g/mol. The highest BCUT2D eigenvalue weighted by Gasteiger charge is 2.29. The van der Waals surface area contributed by atoms with Crippen LogP contribution in [0.4, 0.5) is 0 Å². The van der Waals surface area contributed by atoms with Crippen LogP contribution in [0, 0.1) is 5.92 Å². The molecule has 1 aliphatic rings. The van der Waals surface area contributed by atoms with E-state index in [1.807, 2.05) is 12.1 Å². The first-order valence-corrected chi connectivity index (χ1v) is 9.10. The first-order chi connectivity index (χ1) is 9.76. The Balaban J connectivity index is 2.06. The van der Waals surface area contributed by atoms with Gasteiger partial charge in [-0.25, -0.2) is 13.1 Å². The molecule has 0 amide bonds. The van der Waals surface area contributed by atoms with E-state index in [0.717, 1.165) is 24.8 Å². The highest BCUT2D eigenvalue weighted by Crippen LogP contribution is 2.31. The second-order valence-electron chi connectivity index (χ2n) is 6.61. The van der Waals surface area contributed by atoms with Gasteiger partial charge in [-0.05, 0) is 48.3 Å². The van der Waals surface area contributed by atoms with Crippen LogP contribution >= 0.6 is 0 Å². The lowest BCUT2D eigenvalue weighted by atomic mass is 9.82. The summed E-state index contributed by atoms with van der Waals surface area (Å²) >= 11 is 0. The first-order valence-electron chi connectivity index (χ1n) is 7.62. The molecule has 0 bridgehead atoms. The van der Waals surface area contributed by atoms with Crippen LogP contribution in [0.25, 0.3) is 0 Å². The minimum absolute atomic E-state index is 0.0596. The highest BCUT2D eigenvalue weighted by atomic mass is 32.2. The Labute approximate surface area is 128 Å². The summed E-state index contributed by atoms with van der Waals surface area (Å²) < 4.78 is 27.1. The summed E-state index contributed by atoms with van der Waals surface area (Å²) in [7, 11) is -3.46. The van der Waals surface area contributed by atoms with Crippen LogP contribution in [-0.4, -0.2) is 21.0 Å². The zero-order valence-electron chi connectivity index (χ0n) is 13.1. The standard InChI is InChI=1S/C16H26N2O2S/c1-4-16(2,3)13-7-9-14(10-8-13)21(19,20)18-11-15(17)12-5-6-12/h7-10,12,15,18H,4-6,11,17H2,1-3H3. The Bertz CT molecular complexity index is 575. The maximum Gasteiger partial charge on any atom is 0.240 e. The van der Waals surface area contributed by atoms with Crippen molar-refractivity contribution in [3.05, 3.63) is 29.8 Å². The van der Waals surface area contributed by atoms with Crippen molar-refractivity contribution in [3.8, 4) is 0 Å². The van der Waals surface area contributed by atoms with E-state index in [1.54, 1.807) is 12.1 Å². The average molecular weight is 310 g/mol. The summed E-state index contributed by atoms with van der Waals surface area (Å²) in [6.45, 7) is 6.76. The maximum atomic E-state index is 12.2. The normalized spacial score (nSPS) is 17.7. The molecule has 1 aromatic rings. The van der Waals surface area contributed by atoms with E-state index in [9.17, 15) is 8.42 Å². The second-order valence-corrected chi connectivity index (χ2v) is 8.38. The summed E-state index contributed by atoms with van der Waals surface area (Å²) in [5.74, 6) is 0.487. The van der Waals surface area contributed by atoms with Gasteiger partial charge in [0.15, 0.2) is 0 Å². The minimum atomic E-state index is -3.46. The third-order valence-corrected chi connectivity index (χ3v) is 6.01. The van der Waals surface area contributed by atoms with E-state index in [4.69, 9.17) is 5.73 Å². The zero-order valence-corrected chi connectivity index (χ0v) is 13.9. The summed E-state index contributed by atoms with van der Waals surface area (Å²) in [5.41, 5.74) is 7.15. The molecule has 1 fully saturated rings. The summed E-state index contributed by atoms with van der Waals surface area (Å²) in [6, 6.07) is 7.09. The predicted octanol–water partition coefficient (Wildman–Crippen LogP) is 2.39.